The normalized spacial score (nSPS) is 25.8. The van der Waals surface area contributed by atoms with E-state index in [1.54, 1.807) is 0 Å². The molecule has 4 atom stereocenters. The SMILES string of the molecule is CCCCC[C@](C)(O)/C=C/[C@@H]1[C@@H](C/C=C\CCCC(=O)OC)CC[C@H]1O. The summed E-state index contributed by atoms with van der Waals surface area (Å²) in [5, 5.41) is 20.8. The highest BCUT2D eigenvalue weighted by atomic mass is 16.5. The molecule has 1 aliphatic carbocycles. The van der Waals surface area contributed by atoms with E-state index in [-0.39, 0.29) is 18.0 Å². The van der Waals surface area contributed by atoms with Crippen LogP contribution in [0.1, 0.15) is 78.1 Å². The molecule has 0 bridgehead atoms. The third-order valence-corrected chi connectivity index (χ3v) is 5.37. The number of aliphatic hydroxyl groups is 2. The average molecular weight is 367 g/mol. The molecule has 2 N–H and O–H groups in total. The number of carbonyl (C=O) groups excluding carboxylic acids is 1. The van der Waals surface area contributed by atoms with E-state index in [2.05, 4.69) is 23.8 Å². The van der Waals surface area contributed by atoms with Crippen molar-refractivity contribution in [2.45, 2.75) is 89.8 Å². The maximum atomic E-state index is 11.1. The molecule has 0 aromatic heterocycles. The van der Waals surface area contributed by atoms with Gasteiger partial charge >= 0.3 is 5.97 Å². The van der Waals surface area contributed by atoms with Crippen LogP contribution in [-0.2, 0) is 9.53 Å². The minimum Gasteiger partial charge on any atom is -0.469 e. The lowest BCUT2D eigenvalue weighted by Gasteiger charge is -2.22. The van der Waals surface area contributed by atoms with E-state index in [4.69, 9.17) is 0 Å². The van der Waals surface area contributed by atoms with Gasteiger partial charge in [0.1, 0.15) is 0 Å². The third-order valence-electron chi connectivity index (χ3n) is 5.37. The van der Waals surface area contributed by atoms with Crippen LogP contribution in [0.15, 0.2) is 24.3 Å². The van der Waals surface area contributed by atoms with Crippen molar-refractivity contribution in [3.8, 4) is 0 Å². The predicted octanol–water partition coefficient (Wildman–Crippen LogP) is 4.55. The van der Waals surface area contributed by atoms with Crippen LogP contribution in [0.5, 0.6) is 0 Å². The number of aliphatic hydroxyl groups excluding tert-OH is 1. The Morgan fingerprint density at radius 2 is 2.00 bits per heavy atom. The average Bonchev–Trinajstić information content (AvgIpc) is 2.96. The molecule has 0 unspecified atom stereocenters. The van der Waals surface area contributed by atoms with Gasteiger partial charge in [-0.1, -0.05) is 50.5 Å². The van der Waals surface area contributed by atoms with E-state index in [0.29, 0.717) is 12.3 Å². The summed E-state index contributed by atoms with van der Waals surface area (Å²) in [7, 11) is 1.42. The third kappa shape index (κ3) is 9.00. The van der Waals surface area contributed by atoms with Crippen molar-refractivity contribution in [1.82, 2.24) is 0 Å². The number of ether oxygens (including phenoxy) is 1. The number of carbonyl (C=O) groups is 1. The van der Waals surface area contributed by atoms with Gasteiger partial charge in [-0.25, -0.2) is 0 Å². The standard InChI is InChI=1S/C22H38O4/c1-4-5-10-16-22(2,25)17-15-19-18(13-14-20(19)23)11-8-6-7-9-12-21(24)26-3/h6,8,15,17-20,23,25H,4-5,7,9-14,16H2,1-3H3/b8-6-,17-15+/t18-,19+,20+,22-/m0/s1. The van der Waals surface area contributed by atoms with Gasteiger partial charge in [0.05, 0.1) is 18.8 Å². The maximum absolute atomic E-state index is 11.1. The monoisotopic (exact) mass is 366 g/mol. The van der Waals surface area contributed by atoms with Gasteiger partial charge in [0, 0.05) is 12.3 Å². The van der Waals surface area contributed by atoms with Gasteiger partial charge < -0.3 is 14.9 Å². The lowest BCUT2D eigenvalue weighted by atomic mass is 9.88. The second-order valence-electron chi connectivity index (χ2n) is 7.83. The van der Waals surface area contributed by atoms with Crippen molar-refractivity contribution in [1.29, 1.82) is 0 Å². The quantitative estimate of drug-likeness (QED) is 0.302. The summed E-state index contributed by atoms with van der Waals surface area (Å²) in [6.07, 6.45) is 16.9. The molecule has 1 fully saturated rings. The lowest BCUT2D eigenvalue weighted by Crippen LogP contribution is -2.23. The Hall–Kier alpha value is -1.13. The highest BCUT2D eigenvalue weighted by Crippen LogP contribution is 2.36. The summed E-state index contributed by atoms with van der Waals surface area (Å²) in [6, 6.07) is 0. The molecule has 0 amide bonds. The molecule has 0 aromatic carbocycles. The summed E-state index contributed by atoms with van der Waals surface area (Å²) in [6.45, 7) is 4.02. The first-order valence-corrected chi connectivity index (χ1v) is 10.2. The van der Waals surface area contributed by atoms with Gasteiger partial charge in [0.2, 0.25) is 0 Å². The molecule has 4 nitrogen and oxygen atoms in total. The fourth-order valence-corrected chi connectivity index (χ4v) is 3.63. The fraction of sp³-hybridized carbons (Fsp3) is 0.773. The van der Waals surface area contributed by atoms with Crippen LogP contribution in [0.2, 0.25) is 0 Å². The maximum Gasteiger partial charge on any atom is 0.305 e. The van der Waals surface area contributed by atoms with E-state index in [1.165, 1.54) is 7.11 Å². The Balaban J connectivity index is 2.43. The van der Waals surface area contributed by atoms with Crippen LogP contribution in [-0.4, -0.2) is 35.0 Å². The van der Waals surface area contributed by atoms with Crippen molar-refractivity contribution in [3.05, 3.63) is 24.3 Å². The van der Waals surface area contributed by atoms with Gasteiger partial charge in [0.25, 0.3) is 0 Å². The zero-order valence-electron chi connectivity index (χ0n) is 16.8. The second-order valence-corrected chi connectivity index (χ2v) is 7.83. The molecule has 1 rings (SSSR count). The second kappa shape index (κ2) is 12.3. The van der Waals surface area contributed by atoms with Crippen LogP contribution >= 0.6 is 0 Å². The molecular formula is C22H38O4. The van der Waals surface area contributed by atoms with E-state index >= 15 is 0 Å². The van der Waals surface area contributed by atoms with Crippen LogP contribution in [0.4, 0.5) is 0 Å². The molecular weight excluding hydrogens is 328 g/mol. The molecule has 26 heavy (non-hydrogen) atoms. The number of hydrogen-bond acceptors (Lipinski definition) is 4. The summed E-state index contributed by atoms with van der Waals surface area (Å²) in [5.74, 6) is 0.380. The van der Waals surface area contributed by atoms with E-state index in [0.717, 1.165) is 57.8 Å². The Morgan fingerprint density at radius 3 is 2.69 bits per heavy atom. The minimum absolute atomic E-state index is 0.118. The molecule has 0 saturated heterocycles. The predicted molar refractivity (Wildman–Crippen MR) is 106 cm³/mol. The van der Waals surface area contributed by atoms with Crippen molar-refractivity contribution in [3.63, 3.8) is 0 Å². The van der Waals surface area contributed by atoms with Crippen LogP contribution in [0.3, 0.4) is 0 Å². The molecule has 1 saturated carbocycles. The van der Waals surface area contributed by atoms with Gasteiger partial charge in [-0.15, -0.1) is 0 Å². The largest absolute Gasteiger partial charge is 0.469 e. The van der Waals surface area contributed by atoms with Crippen molar-refractivity contribution < 1.29 is 19.7 Å². The molecule has 0 spiro atoms. The van der Waals surface area contributed by atoms with Crippen molar-refractivity contribution in [2.24, 2.45) is 11.8 Å². The topological polar surface area (TPSA) is 66.8 Å². The van der Waals surface area contributed by atoms with Crippen molar-refractivity contribution >= 4 is 5.97 Å². The first-order chi connectivity index (χ1) is 12.4. The van der Waals surface area contributed by atoms with E-state index in [9.17, 15) is 15.0 Å². The summed E-state index contributed by atoms with van der Waals surface area (Å²) in [5.41, 5.74) is -0.786. The van der Waals surface area contributed by atoms with Crippen molar-refractivity contribution in [2.75, 3.05) is 7.11 Å². The molecule has 0 aromatic rings. The fourth-order valence-electron chi connectivity index (χ4n) is 3.63. The van der Waals surface area contributed by atoms with Gasteiger partial charge in [0.15, 0.2) is 0 Å². The van der Waals surface area contributed by atoms with Crippen LogP contribution < -0.4 is 0 Å². The smallest absolute Gasteiger partial charge is 0.305 e. The van der Waals surface area contributed by atoms with Gasteiger partial charge in [-0.3, -0.25) is 4.79 Å². The highest BCUT2D eigenvalue weighted by molar-refractivity contribution is 5.69. The molecule has 0 heterocycles. The molecule has 0 radical (unpaired) electrons. The van der Waals surface area contributed by atoms with Crippen LogP contribution in [0, 0.1) is 11.8 Å². The number of esters is 1. The Morgan fingerprint density at radius 1 is 1.23 bits per heavy atom. The summed E-state index contributed by atoms with van der Waals surface area (Å²) in [4.78, 5) is 11.1. The molecule has 0 aliphatic heterocycles. The number of rotatable bonds is 12. The zero-order valence-corrected chi connectivity index (χ0v) is 16.8. The minimum atomic E-state index is -0.786. The first-order valence-electron chi connectivity index (χ1n) is 10.2. The summed E-state index contributed by atoms with van der Waals surface area (Å²) < 4.78 is 4.63. The Bertz CT molecular complexity index is 453. The van der Waals surface area contributed by atoms with Crippen LogP contribution in [0.25, 0.3) is 0 Å². The summed E-state index contributed by atoms with van der Waals surface area (Å²) >= 11 is 0. The van der Waals surface area contributed by atoms with E-state index in [1.807, 2.05) is 19.1 Å². The highest BCUT2D eigenvalue weighted by Gasteiger charge is 2.32. The molecule has 4 heteroatoms. The zero-order chi connectivity index (χ0) is 19.4. The number of methoxy groups -OCH3 is 1. The lowest BCUT2D eigenvalue weighted by molar-refractivity contribution is -0.140. The first kappa shape index (κ1) is 22.9. The Labute approximate surface area is 159 Å². The number of hydrogen-bond donors (Lipinski definition) is 2. The number of unbranched alkanes of at least 4 members (excludes halogenated alkanes) is 3. The molecule has 150 valence electrons. The van der Waals surface area contributed by atoms with Gasteiger partial charge in [-0.2, -0.15) is 0 Å². The van der Waals surface area contributed by atoms with E-state index < -0.39 is 5.60 Å². The van der Waals surface area contributed by atoms with Gasteiger partial charge in [-0.05, 0) is 51.4 Å². The Kier molecular flexibility index (Phi) is 10.8. The number of allylic oxidation sites excluding steroid dienone is 2. The molecule has 1 aliphatic rings.